The average molecular weight is 380 g/mol. The van der Waals surface area contributed by atoms with E-state index in [1.807, 2.05) is 6.07 Å². The van der Waals surface area contributed by atoms with Gasteiger partial charge in [0.05, 0.1) is 4.53 Å². The summed E-state index contributed by atoms with van der Waals surface area (Å²) < 4.78 is 1.78. The van der Waals surface area contributed by atoms with Crippen molar-refractivity contribution in [1.29, 1.82) is 5.26 Å². The maximum atomic E-state index is 12.5. The molecule has 132 valence electrons. The Balaban J connectivity index is 2.66. The van der Waals surface area contributed by atoms with Crippen molar-refractivity contribution >= 4 is 40.6 Å². The number of aryl methyl sites for hydroxylation is 1. The van der Waals surface area contributed by atoms with Crippen LogP contribution in [0.15, 0.2) is 10.9 Å². The fraction of sp³-hybridized carbons (Fsp3) is 0.353. The van der Waals surface area contributed by atoms with Crippen molar-refractivity contribution in [3.63, 3.8) is 0 Å². The van der Waals surface area contributed by atoms with Gasteiger partial charge in [0.2, 0.25) is 0 Å². The van der Waals surface area contributed by atoms with Gasteiger partial charge >= 0.3 is 5.97 Å². The number of rotatable bonds is 6. The number of hydrogen-bond donors (Lipinski definition) is 2. The SMILES string of the molecule is CCCCc1cc(/C=c2\s/c(=C(/C#N)C(=O)O)n(CC)c2=O)c(Cl)[nH]1. The molecule has 2 aromatic heterocycles. The normalized spacial score (nSPS) is 13.0. The average Bonchev–Trinajstić information content (AvgIpc) is 3.07. The van der Waals surface area contributed by atoms with E-state index in [4.69, 9.17) is 22.0 Å². The number of unbranched alkanes of at least 4 members (excludes halogenated alkanes) is 1. The van der Waals surface area contributed by atoms with Gasteiger partial charge in [0.15, 0.2) is 5.57 Å². The lowest BCUT2D eigenvalue weighted by atomic mass is 10.2. The van der Waals surface area contributed by atoms with Gasteiger partial charge in [-0.1, -0.05) is 24.9 Å². The Morgan fingerprint density at radius 2 is 2.24 bits per heavy atom. The van der Waals surface area contributed by atoms with E-state index in [0.717, 1.165) is 36.3 Å². The quantitative estimate of drug-likeness (QED) is 0.799. The van der Waals surface area contributed by atoms with Gasteiger partial charge in [0.25, 0.3) is 5.56 Å². The van der Waals surface area contributed by atoms with E-state index in [1.165, 1.54) is 4.57 Å². The third-order valence-electron chi connectivity index (χ3n) is 3.70. The number of carboxylic acid groups (broad SMARTS) is 1. The molecule has 0 saturated carbocycles. The monoisotopic (exact) mass is 379 g/mol. The van der Waals surface area contributed by atoms with Crippen molar-refractivity contribution < 1.29 is 9.90 Å². The number of H-pyrrole nitrogens is 1. The largest absolute Gasteiger partial charge is 0.477 e. The molecule has 2 rings (SSSR count). The van der Waals surface area contributed by atoms with Crippen molar-refractivity contribution in [2.45, 2.75) is 39.7 Å². The van der Waals surface area contributed by atoms with E-state index in [2.05, 4.69) is 11.9 Å². The topological polar surface area (TPSA) is 98.9 Å². The van der Waals surface area contributed by atoms with Gasteiger partial charge in [0.1, 0.15) is 15.9 Å². The van der Waals surface area contributed by atoms with E-state index in [1.54, 1.807) is 19.1 Å². The van der Waals surface area contributed by atoms with Crippen LogP contribution in [0, 0.1) is 11.3 Å². The molecule has 0 amide bonds. The zero-order valence-electron chi connectivity index (χ0n) is 13.9. The lowest BCUT2D eigenvalue weighted by molar-refractivity contribution is -0.130. The fourth-order valence-electron chi connectivity index (χ4n) is 2.43. The maximum Gasteiger partial charge on any atom is 0.349 e. The highest BCUT2D eigenvalue weighted by atomic mass is 35.5. The molecular weight excluding hydrogens is 362 g/mol. The molecular formula is C17H18ClN3O3S. The Bertz CT molecular complexity index is 1010. The Kier molecular flexibility index (Phi) is 6.23. The molecule has 0 fully saturated rings. The minimum Gasteiger partial charge on any atom is -0.477 e. The molecule has 2 heterocycles. The Morgan fingerprint density at radius 3 is 2.80 bits per heavy atom. The van der Waals surface area contributed by atoms with Gasteiger partial charge in [-0.15, -0.1) is 11.3 Å². The molecule has 25 heavy (non-hydrogen) atoms. The first-order chi connectivity index (χ1) is 11.9. The minimum absolute atomic E-state index is 0.145. The van der Waals surface area contributed by atoms with Crippen LogP contribution < -0.4 is 14.8 Å². The maximum absolute atomic E-state index is 12.5. The molecule has 0 spiro atoms. The molecule has 0 aliphatic rings. The number of nitriles is 1. The Hall–Kier alpha value is -2.30. The molecule has 0 saturated heterocycles. The molecule has 0 radical (unpaired) electrons. The van der Waals surface area contributed by atoms with Gasteiger partial charge in [-0.05, 0) is 31.9 Å². The van der Waals surface area contributed by atoms with Crippen molar-refractivity contribution in [2.75, 3.05) is 0 Å². The van der Waals surface area contributed by atoms with Crippen LogP contribution in [-0.2, 0) is 17.8 Å². The summed E-state index contributed by atoms with van der Waals surface area (Å²) in [5.41, 5.74) is 0.895. The second-order valence-corrected chi connectivity index (χ2v) is 6.83. The number of nitrogens with zero attached hydrogens (tertiary/aromatic N) is 2. The Labute approximate surface area is 153 Å². The molecule has 2 aromatic rings. The van der Waals surface area contributed by atoms with Gasteiger partial charge in [-0.25, -0.2) is 4.79 Å². The molecule has 0 aromatic carbocycles. The number of carboxylic acids is 1. The lowest BCUT2D eigenvalue weighted by Crippen LogP contribution is -2.32. The van der Waals surface area contributed by atoms with Gasteiger partial charge in [-0.3, -0.25) is 9.36 Å². The second kappa shape index (κ2) is 8.19. The first kappa shape index (κ1) is 19.0. The van der Waals surface area contributed by atoms with Gasteiger partial charge < -0.3 is 10.1 Å². The third kappa shape index (κ3) is 4.03. The summed E-state index contributed by atoms with van der Waals surface area (Å²) in [5.74, 6) is -1.35. The summed E-state index contributed by atoms with van der Waals surface area (Å²) in [7, 11) is 0. The van der Waals surface area contributed by atoms with E-state index in [-0.39, 0.29) is 16.8 Å². The first-order valence-corrected chi connectivity index (χ1v) is 9.08. The van der Waals surface area contributed by atoms with Crippen LogP contribution in [0.3, 0.4) is 0 Å². The number of halogens is 1. The van der Waals surface area contributed by atoms with Crippen molar-refractivity contribution in [3.05, 3.63) is 42.0 Å². The molecule has 6 nitrogen and oxygen atoms in total. The van der Waals surface area contributed by atoms with Crippen molar-refractivity contribution in [2.24, 2.45) is 0 Å². The number of aliphatic carboxylic acids is 1. The van der Waals surface area contributed by atoms with E-state index >= 15 is 0 Å². The van der Waals surface area contributed by atoms with E-state index in [0.29, 0.717) is 15.2 Å². The summed E-state index contributed by atoms with van der Waals surface area (Å²) in [6, 6.07) is 3.55. The second-order valence-electron chi connectivity index (χ2n) is 5.42. The molecule has 0 unspecified atom stereocenters. The Morgan fingerprint density at radius 1 is 1.52 bits per heavy atom. The lowest BCUT2D eigenvalue weighted by Gasteiger charge is -1.95. The zero-order valence-corrected chi connectivity index (χ0v) is 15.5. The smallest absolute Gasteiger partial charge is 0.349 e. The van der Waals surface area contributed by atoms with Crippen LogP contribution in [0.4, 0.5) is 0 Å². The number of hydrogen-bond acceptors (Lipinski definition) is 4. The highest BCUT2D eigenvalue weighted by Crippen LogP contribution is 2.18. The highest BCUT2D eigenvalue weighted by Gasteiger charge is 2.14. The van der Waals surface area contributed by atoms with Crippen LogP contribution >= 0.6 is 22.9 Å². The number of aromatic nitrogens is 2. The molecule has 2 N–H and O–H groups in total. The van der Waals surface area contributed by atoms with E-state index in [9.17, 15) is 9.59 Å². The zero-order chi connectivity index (χ0) is 18.6. The van der Waals surface area contributed by atoms with Crippen LogP contribution in [0.5, 0.6) is 0 Å². The predicted molar refractivity (Wildman–Crippen MR) is 98.1 cm³/mol. The molecule has 0 atom stereocenters. The minimum atomic E-state index is -1.35. The highest BCUT2D eigenvalue weighted by molar-refractivity contribution is 7.07. The third-order valence-corrected chi connectivity index (χ3v) is 5.15. The standard InChI is InChI=1S/C17H18ClN3O3S/c1-3-5-6-11-7-10(14(18)20-11)8-13-15(22)21(4-2)16(25-13)12(9-19)17(23)24/h7-8,20H,3-6H2,1-2H3,(H,23,24)/b13-8-,16-12-. The fourth-order valence-corrected chi connectivity index (χ4v) is 3.81. The van der Waals surface area contributed by atoms with Gasteiger partial charge in [-0.2, -0.15) is 5.26 Å². The predicted octanol–water partition coefficient (Wildman–Crippen LogP) is 1.84. The van der Waals surface area contributed by atoms with Crippen LogP contribution in [-0.4, -0.2) is 20.6 Å². The summed E-state index contributed by atoms with van der Waals surface area (Å²) in [6.07, 6.45) is 4.59. The number of aromatic amines is 1. The van der Waals surface area contributed by atoms with E-state index < -0.39 is 11.5 Å². The van der Waals surface area contributed by atoms with Crippen molar-refractivity contribution in [3.8, 4) is 6.07 Å². The number of nitrogens with one attached hydrogen (secondary N) is 1. The summed E-state index contributed by atoms with van der Waals surface area (Å²) in [4.78, 5) is 26.8. The van der Waals surface area contributed by atoms with Crippen LogP contribution in [0.2, 0.25) is 5.15 Å². The van der Waals surface area contributed by atoms with Crippen LogP contribution in [0.25, 0.3) is 11.6 Å². The molecule has 0 bridgehead atoms. The summed E-state index contributed by atoms with van der Waals surface area (Å²) in [5, 5.41) is 18.7. The summed E-state index contributed by atoms with van der Waals surface area (Å²) >= 11 is 7.19. The van der Waals surface area contributed by atoms with Crippen molar-refractivity contribution in [1.82, 2.24) is 9.55 Å². The summed E-state index contributed by atoms with van der Waals surface area (Å²) in [6.45, 7) is 4.10. The first-order valence-electron chi connectivity index (χ1n) is 7.89. The number of thiazole rings is 1. The molecule has 0 aliphatic carbocycles. The molecule has 8 heteroatoms. The van der Waals surface area contributed by atoms with Crippen LogP contribution in [0.1, 0.15) is 37.9 Å². The molecule has 0 aliphatic heterocycles. The van der Waals surface area contributed by atoms with Gasteiger partial charge in [0, 0.05) is 17.8 Å². The number of carbonyl (C=O) groups is 1.